The smallest absolute Gasteiger partial charge is 0.336 e. The van der Waals surface area contributed by atoms with Gasteiger partial charge in [-0.25, -0.2) is 9.78 Å². The fourth-order valence-electron chi connectivity index (χ4n) is 3.43. The van der Waals surface area contributed by atoms with Crippen LogP contribution in [0.3, 0.4) is 0 Å². The van der Waals surface area contributed by atoms with Crippen LogP contribution in [0.4, 0.5) is 5.69 Å². The first-order valence-corrected chi connectivity index (χ1v) is 12.5. The van der Waals surface area contributed by atoms with Gasteiger partial charge in [-0.1, -0.05) is 35.0 Å². The number of hydrogen-bond acceptors (Lipinski definition) is 7. The summed E-state index contributed by atoms with van der Waals surface area (Å²) >= 11 is 6.82. The molecule has 4 aromatic rings. The van der Waals surface area contributed by atoms with Gasteiger partial charge in [-0.05, 0) is 64.0 Å². The van der Waals surface area contributed by atoms with E-state index in [1.54, 1.807) is 30.3 Å². The van der Waals surface area contributed by atoms with Gasteiger partial charge in [0.05, 0.1) is 26.5 Å². The molecule has 11 heteroatoms. The van der Waals surface area contributed by atoms with Crippen molar-refractivity contribution in [3.8, 4) is 5.75 Å². The molecule has 4 rings (SSSR count). The number of carbonyl (C=O) groups excluding carboxylic acids is 1. The molecule has 37 heavy (non-hydrogen) atoms. The fourth-order valence-corrected chi connectivity index (χ4v) is 4.77. The largest absolute Gasteiger partial charge is 0.421 e. The minimum absolute atomic E-state index is 0.0469. The monoisotopic (exact) mass is 624 g/mol. The quantitative estimate of drug-likeness (QED) is 0.0631. The number of hydrogen-bond donors (Lipinski definition) is 0. The number of aryl methyl sites for hydroxylation is 1. The van der Waals surface area contributed by atoms with Gasteiger partial charge in [0.25, 0.3) is 11.2 Å². The van der Waals surface area contributed by atoms with Crippen LogP contribution >= 0.6 is 31.9 Å². The number of carbonyl (C=O) groups is 1. The molecule has 0 aliphatic carbocycles. The van der Waals surface area contributed by atoms with Crippen molar-refractivity contribution in [2.45, 2.75) is 13.3 Å². The zero-order valence-corrected chi connectivity index (χ0v) is 22.5. The number of ether oxygens (including phenoxy) is 1. The van der Waals surface area contributed by atoms with E-state index in [1.807, 2.05) is 13.0 Å². The lowest BCUT2D eigenvalue weighted by molar-refractivity contribution is -0.384. The van der Waals surface area contributed by atoms with Gasteiger partial charge in [0.2, 0.25) is 0 Å². The SMILES string of the molecule is CCc1nc2ccccc2c(=O)n1N=Cc1cc(Br)cc(Br)c1OC(=O)/C=C/c1ccc([N+](=O)[O-])cc1. The Bertz CT molecular complexity index is 1630. The highest BCUT2D eigenvalue weighted by atomic mass is 79.9. The molecule has 1 heterocycles. The number of esters is 1. The molecular formula is C26H18Br2N4O5. The number of nitro groups is 1. The van der Waals surface area contributed by atoms with Gasteiger partial charge in [-0.15, -0.1) is 0 Å². The van der Waals surface area contributed by atoms with E-state index < -0.39 is 10.9 Å². The number of halogens is 2. The number of nitrogens with zero attached hydrogens (tertiary/aromatic N) is 4. The van der Waals surface area contributed by atoms with E-state index in [0.717, 1.165) is 0 Å². The maximum atomic E-state index is 13.1. The van der Waals surface area contributed by atoms with Crippen molar-refractivity contribution in [3.63, 3.8) is 0 Å². The third-order valence-corrected chi connectivity index (χ3v) is 6.25. The zero-order valence-electron chi connectivity index (χ0n) is 19.3. The summed E-state index contributed by atoms with van der Waals surface area (Å²) in [5, 5.41) is 15.6. The predicted molar refractivity (Wildman–Crippen MR) is 148 cm³/mol. The number of fused-ring (bicyclic) bond motifs is 1. The van der Waals surface area contributed by atoms with E-state index >= 15 is 0 Å². The Kier molecular flexibility index (Phi) is 8.04. The number of non-ortho nitro benzene ring substituents is 1. The lowest BCUT2D eigenvalue weighted by atomic mass is 10.2. The van der Waals surface area contributed by atoms with Gasteiger partial charge in [0.1, 0.15) is 5.82 Å². The van der Waals surface area contributed by atoms with Gasteiger partial charge in [-0.2, -0.15) is 9.78 Å². The van der Waals surface area contributed by atoms with Crippen LogP contribution in [0.1, 0.15) is 23.9 Å². The normalized spacial score (nSPS) is 11.4. The topological polar surface area (TPSA) is 117 Å². The summed E-state index contributed by atoms with van der Waals surface area (Å²) in [6.07, 6.45) is 4.61. The maximum absolute atomic E-state index is 13.1. The summed E-state index contributed by atoms with van der Waals surface area (Å²) in [7, 11) is 0. The molecule has 0 unspecified atom stereocenters. The van der Waals surface area contributed by atoms with E-state index in [1.165, 1.54) is 47.3 Å². The summed E-state index contributed by atoms with van der Waals surface area (Å²) in [4.78, 5) is 40.5. The molecule has 0 radical (unpaired) electrons. The molecular weight excluding hydrogens is 608 g/mol. The first-order valence-electron chi connectivity index (χ1n) is 10.9. The summed E-state index contributed by atoms with van der Waals surface area (Å²) in [6, 6.07) is 16.2. The molecule has 0 fully saturated rings. The molecule has 0 N–H and O–H groups in total. The second kappa shape index (κ2) is 11.4. The lowest BCUT2D eigenvalue weighted by Crippen LogP contribution is -2.22. The van der Waals surface area contributed by atoms with Gasteiger partial charge >= 0.3 is 5.97 Å². The highest BCUT2D eigenvalue weighted by Crippen LogP contribution is 2.32. The Labute approximate surface area is 227 Å². The molecule has 9 nitrogen and oxygen atoms in total. The van der Waals surface area contributed by atoms with Crippen molar-refractivity contribution in [1.82, 2.24) is 9.66 Å². The Morgan fingerprint density at radius 3 is 2.59 bits per heavy atom. The second-order valence-corrected chi connectivity index (χ2v) is 9.44. The number of para-hydroxylation sites is 1. The summed E-state index contributed by atoms with van der Waals surface area (Å²) in [5.74, 6) is 0.0125. The van der Waals surface area contributed by atoms with Crippen molar-refractivity contribution in [3.05, 3.63) is 113 Å². The zero-order chi connectivity index (χ0) is 26.5. The van der Waals surface area contributed by atoms with Crippen molar-refractivity contribution in [2.75, 3.05) is 0 Å². The Morgan fingerprint density at radius 2 is 1.89 bits per heavy atom. The van der Waals surface area contributed by atoms with Crippen molar-refractivity contribution in [1.29, 1.82) is 0 Å². The average molecular weight is 626 g/mol. The van der Waals surface area contributed by atoms with Crippen molar-refractivity contribution < 1.29 is 14.5 Å². The summed E-state index contributed by atoms with van der Waals surface area (Å²) < 4.78 is 7.98. The minimum Gasteiger partial charge on any atom is -0.421 e. The molecule has 0 aliphatic heterocycles. The Balaban J connectivity index is 1.64. The maximum Gasteiger partial charge on any atom is 0.336 e. The van der Waals surface area contributed by atoms with Crippen LogP contribution < -0.4 is 10.3 Å². The first-order chi connectivity index (χ1) is 17.8. The van der Waals surface area contributed by atoms with E-state index in [0.29, 0.717) is 43.2 Å². The molecule has 0 amide bonds. The Hall–Kier alpha value is -3.96. The van der Waals surface area contributed by atoms with Crippen LogP contribution in [0, 0.1) is 10.1 Å². The highest BCUT2D eigenvalue weighted by molar-refractivity contribution is 9.11. The van der Waals surface area contributed by atoms with Gasteiger partial charge in [0, 0.05) is 34.7 Å². The number of benzene rings is 3. The molecule has 186 valence electrons. The van der Waals surface area contributed by atoms with E-state index in [2.05, 4.69) is 41.9 Å². The van der Waals surface area contributed by atoms with Gasteiger partial charge in [-0.3, -0.25) is 14.9 Å². The van der Waals surface area contributed by atoms with Gasteiger partial charge < -0.3 is 4.74 Å². The van der Waals surface area contributed by atoms with E-state index in [9.17, 15) is 19.7 Å². The van der Waals surface area contributed by atoms with Crippen molar-refractivity contribution in [2.24, 2.45) is 5.10 Å². The van der Waals surface area contributed by atoms with Crippen LogP contribution in [-0.2, 0) is 11.2 Å². The third-order valence-electron chi connectivity index (χ3n) is 5.20. The minimum atomic E-state index is -0.671. The van der Waals surface area contributed by atoms with Crippen LogP contribution in [-0.4, -0.2) is 26.8 Å². The molecule has 0 atom stereocenters. The molecule has 3 aromatic carbocycles. The van der Waals surface area contributed by atoms with E-state index in [-0.39, 0.29) is 17.0 Å². The van der Waals surface area contributed by atoms with Gasteiger partial charge in [0.15, 0.2) is 5.75 Å². The highest BCUT2D eigenvalue weighted by Gasteiger charge is 2.14. The number of rotatable bonds is 7. The molecule has 1 aromatic heterocycles. The third kappa shape index (κ3) is 6.07. The summed E-state index contributed by atoms with van der Waals surface area (Å²) in [6.45, 7) is 1.88. The predicted octanol–water partition coefficient (Wildman–Crippen LogP) is 5.89. The molecule has 0 bridgehead atoms. The lowest BCUT2D eigenvalue weighted by Gasteiger charge is -2.10. The molecule has 0 saturated carbocycles. The summed E-state index contributed by atoms with van der Waals surface area (Å²) in [5.41, 5.74) is 1.26. The number of aromatic nitrogens is 2. The standard InChI is InChI=1S/C26H18Br2N4O5/c1-2-23-30-22-6-4-3-5-20(22)26(34)31(23)29-15-17-13-18(27)14-21(28)25(17)37-24(33)12-9-16-7-10-19(11-8-16)32(35)36/h3-15H,2H2,1H3/b12-9+,29-15?. The van der Waals surface area contributed by atoms with Crippen LogP contribution in [0.15, 0.2) is 85.6 Å². The van der Waals surface area contributed by atoms with Crippen molar-refractivity contribution >= 4 is 66.7 Å². The molecule has 0 saturated heterocycles. The van der Waals surface area contributed by atoms with E-state index in [4.69, 9.17) is 4.74 Å². The number of nitro benzene ring substituents is 1. The fraction of sp³-hybridized carbons (Fsp3) is 0.0769. The first kappa shape index (κ1) is 26.1. The molecule has 0 aliphatic rings. The Morgan fingerprint density at radius 1 is 1.16 bits per heavy atom. The molecule has 0 spiro atoms. The van der Waals surface area contributed by atoms with Crippen LogP contribution in [0.25, 0.3) is 17.0 Å². The van der Waals surface area contributed by atoms with Crippen LogP contribution in [0.5, 0.6) is 5.75 Å². The average Bonchev–Trinajstić information content (AvgIpc) is 2.88. The second-order valence-electron chi connectivity index (χ2n) is 7.67. The van der Waals surface area contributed by atoms with Crippen LogP contribution in [0.2, 0.25) is 0 Å².